The molecule has 2 rings (SSSR count). The highest BCUT2D eigenvalue weighted by atomic mass is 15.3. The van der Waals surface area contributed by atoms with Crippen molar-refractivity contribution in [3.8, 4) is 0 Å². The van der Waals surface area contributed by atoms with E-state index < -0.39 is 0 Å². The van der Waals surface area contributed by atoms with Crippen LogP contribution in [-0.4, -0.2) is 20.8 Å². The first-order chi connectivity index (χ1) is 7.18. The van der Waals surface area contributed by atoms with E-state index in [4.69, 9.17) is 0 Å². The van der Waals surface area contributed by atoms with Gasteiger partial charge in [-0.1, -0.05) is 13.8 Å². The maximum Gasteiger partial charge on any atom is 0.146 e. The number of hydrogen-bond acceptors (Lipinski definition) is 3. The van der Waals surface area contributed by atoms with E-state index in [2.05, 4.69) is 29.4 Å². The van der Waals surface area contributed by atoms with Crippen LogP contribution in [0.1, 0.15) is 32.5 Å². The van der Waals surface area contributed by atoms with Gasteiger partial charge in [-0.05, 0) is 24.7 Å². The molecule has 0 spiro atoms. The molecule has 0 aromatic carbocycles. The molecule has 3 atom stereocenters. The predicted octanol–water partition coefficient (Wildman–Crippen LogP) is 1.34. The topological polar surface area (TPSA) is 42.7 Å². The lowest BCUT2D eigenvalue weighted by Gasteiger charge is -2.19. The van der Waals surface area contributed by atoms with Crippen LogP contribution in [-0.2, 0) is 13.6 Å². The quantitative estimate of drug-likeness (QED) is 0.815. The summed E-state index contributed by atoms with van der Waals surface area (Å²) >= 11 is 0. The van der Waals surface area contributed by atoms with E-state index in [0.29, 0.717) is 6.04 Å². The summed E-state index contributed by atoms with van der Waals surface area (Å²) in [5.74, 6) is 2.64. The molecule has 0 aliphatic heterocycles. The van der Waals surface area contributed by atoms with Crippen molar-refractivity contribution in [1.82, 2.24) is 20.1 Å². The van der Waals surface area contributed by atoms with Crippen LogP contribution in [0.5, 0.6) is 0 Å². The number of nitrogens with zero attached hydrogens (tertiary/aromatic N) is 3. The van der Waals surface area contributed by atoms with Gasteiger partial charge in [0.1, 0.15) is 12.2 Å². The first-order valence-corrected chi connectivity index (χ1v) is 5.74. The van der Waals surface area contributed by atoms with E-state index in [0.717, 1.165) is 24.2 Å². The number of nitrogens with one attached hydrogen (secondary N) is 1. The van der Waals surface area contributed by atoms with Crippen molar-refractivity contribution in [2.24, 2.45) is 18.9 Å². The molecular weight excluding hydrogens is 188 g/mol. The smallest absolute Gasteiger partial charge is 0.146 e. The lowest BCUT2D eigenvalue weighted by atomic mass is 9.98. The summed E-state index contributed by atoms with van der Waals surface area (Å²) in [5, 5.41) is 11.5. The van der Waals surface area contributed by atoms with Crippen LogP contribution in [0, 0.1) is 11.8 Å². The lowest BCUT2D eigenvalue weighted by Crippen LogP contribution is -2.32. The molecule has 84 valence electrons. The van der Waals surface area contributed by atoms with Crippen LogP contribution in [0.2, 0.25) is 0 Å². The van der Waals surface area contributed by atoms with Gasteiger partial charge in [0.25, 0.3) is 0 Å². The van der Waals surface area contributed by atoms with Crippen molar-refractivity contribution in [1.29, 1.82) is 0 Å². The van der Waals surface area contributed by atoms with E-state index in [-0.39, 0.29) is 0 Å². The Balaban J connectivity index is 1.86. The molecule has 15 heavy (non-hydrogen) atoms. The summed E-state index contributed by atoms with van der Waals surface area (Å²) in [6.45, 7) is 5.51. The highest BCUT2D eigenvalue weighted by molar-refractivity contribution is 4.89. The molecular formula is C11H20N4. The molecule has 1 aromatic rings. The van der Waals surface area contributed by atoms with Gasteiger partial charge in [-0.3, -0.25) is 0 Å². The summed E-state index contributed by atoms with van der Waals surface area (Å²) < 4.78 is 1.97. The van der Waals surface area contributed by atoms with Crippen LogP contribution in [0.3, 0.4) is 0 Å². The number of rotatable bonds is 3. The van der Waals surface area contributed by atoms with Gasteiger partial charge in [0.05, 0.1) is 6.54 Å². The Morgan fingerprint density at radius 3 is 2.80 bits per heavy atom. The molecule has 1 N–H and O–H groups in total. The molecule has 1 fully saturated rings. The third kappa shape index (κ3) is 2.20. The van der Waals surface area contributed by atoms with Crippen LogP contribution < -0.4 is 5.32 Å². The Bertz CT molecular complexity index is 320. The van der Waals surface area contributed by atoms with Crippen molar-refractivity contribution in [2.45, 2.75) is 39.3 Å². The largest absolute Gasteiger partial charge is 0.320 e. The number of aromatic nitrogens is 3. The molecule has 0 saturated heterocycles. The van der Waals surface area contributed by atoms with Crippen LogP contribution >= 0.6 is 0 Å². The molecule has 1 aromatic heterocycles. The zero-order chi connectivity index (χ0) is 10.8. The average Bonchev–Trinajstić information content (AvgIpc) is 2.74. The molecule has 1 heterocycles. The molecule has 3 unspecified atom stereocenters. The molecule has 1 saturated carbocycles. The highest BCUT2D eigenvalue weighted by Gasteiger charge is 2.29. The van der Waals surface area contributed by atoms with Crippen LogP contribution in [0.4, 0.5) is 0 Å². The summed E-state index contributed by atoms with van der Waals surface area (Å²) in [5.41, 5.74) is 0. The van der Waals surface area contributed by atoms with Gasteiger partial charge in [-0.15, -0.1) is 10.2 Å². The fourth-order valence-electron chi connectivity index (χ4n) is 2.34. The SMILES string of the molecule is CC1CCC(NCc2nncn2C)C1C. The maximum atomic E-state index is 4.07. The Labute approximate surface area is 91.1 Å². The molecule has 0 amide bonds. The molecule has 4 nitrogen and oxygen atoms in total. The van der Waals surface area contributed by atoms with Gasteiger partial charge in [0.2, 0.25) is 0 Å². The zero-order valence-corrected chi connectivity index (χ0v) is 9.77. The van der Waals surface area contributed by atoms with Crippen LogP contribution in [0.25, 0.3) is 0 Å². The van der Waals surface area contributed by atoms with E-state index in [1.54, 1.807) is 6.33 Å². The Hall–Kier alpha value is -0.900. The van der Waals surface area contributed by atoms with Crippen molar-refractivity contribution < 1.29 is 0 Å². The second-order valence-corrected chi connectivity index (χ2v) is 4.76. The van der Waals surface area contributed by atoms with E-state index >= 15 is 0 Å². The summed E-state index contributed by atoms with van der Waals surface area (Å²) in [6.07, 6.45) is 4.38. The van der Waals surface area contributed by atoms with Gasteiger partial charge in [0.15, 0.2) is 0 Å². The molecule has 0 bridgehead atoms. The minimum absolute atomic E-state index is 0.650. The third-order valence-electron chi connectivity index (χ3n) is 3.79. The van der Waals surface area contributed by atoms with Crippen molar-refractivity contribution in [3.63, 3.8) is 0 Å². The lowest BCUT2D eigenvalue weighted by molar-refractivity contribution is 0.366. The number of hydrogen-bond donors (Lipinski definition) is 1. The zero-order valence-electron chi connectivity index (χ0n) is 9.77. The van der Waals surface area contributed by atoms with Crippen LogP contribution in [0.15, 0.2) is 6.33 Å². The standard InChI is InChI=1S/C11H20N4/c1-8-4-5-10(9(8)2)12-6-11-14-13-7-15(11)3/h7-10,12H,4-6H2,1-3H3. The molecule has 0 radical (unpaired) electrons. The van der Waals surface area contributed by atoms with Gasteiger partial charge in [0, 0.05) is 13.1 Å². The molecule has 1 aliphatic rings. The van der Waals surface area contributed by atoms with Gasteiger partial charge in [-0.2, -0.15) is 0 Å². The first kappa shape index (κ1) is 10.6. The highest BCUT2D eigenvalue weighted by Crippen LogP contribution is 2.31. The summed E-state index contributed by atoms with van der Waals surface area (Å²) in [7, 11) is 1.98. The Morgan fingerprint density at radius 1 is 1.47 bits per heavy atom. The number of aryl methyl sites for hydroxylation is 1. The second kappa shape index (κ2) is 4.31. The monoisotopic (exact) mass is 208 g/mol. The van der Waals surface area contributed by atoms with E-state index in [1.165, 1.54) is 12.8 Å². The first-order valence-electron chi connectivity index (χ1n) is 5.74. The summed E-state index contributed by atoms with van der Waals surface area (Å²) in [6, 6.07) is 0.650. The van der Waals surface area contributed by atoms with Gasteiger partial charge < -0.3 is 9.88 Å². The Kier molecular flexibility index (Phi) is 3.05. The maximum absolute atomic E-state index is 4.07. The fraction of sp³-hybridized carbons (Fsp3) is 0.818. The van der Waals surface area contributed by atoms with Crippen molar-refractivity contribution >= 4 is 0 Å². The van der Waals surface area contributed by atoms with Gasteiger partial charge >= 0.3 is 0 Å². The van der Waals surface area contributed by atoms with Crippen molar-refractivity contribution in [3.05, 3.63) is 12.2 Å². The fourth-order valence-corrected chi connectivity index (χ4v) is 2.34. The van der Waals surface area contributed by atoms with E-state index in [1.807, 2.05) is 11.6 Å². The third-order valence-corrected chi connectivity index (χ3v) is 3.79. The minimum atomic E-state index is 0.650. The molecule has 4 heteroatoms. The molecule has 1 aliphatic carbocycles. The van der Waals surface area contributed by atoms with Gasteiger partial charge in [-0.25, -0.2) is 0 Å². The normalized spacial score (nSPS) is 31.0. The summed E-state index contributed by atoms with van der Waals surface area (Å²) in [4.78, 5) is 0. The second-order valence-electron chi connectivity index (χ2n) is 4.76. The predicted molar refractivity (Wildman–Crippen MR) is 59.2 cm³/mol. The minimum Gasteiger partial charge on any atom is -0.320 e. The van der Waals surface area contributed by atoms with Crippen molar-refractivity contribution in [2.75, 3.05) is 0 Å². The average molecular weight is 208 g/mol. The van der Waals surface area contributed by atoms with E-state index in [9.17, 15) is 0 Å². The Morgan fingerprint density at radius 2 is 2.27 bits per heavy atom.